The van der Waals surface area contributed by atoms with Crippen LogP contribution in [-0.4, -0.2) is 21.3 Å². The van der Waals surface area contributed by atoms with Crippen molar-refractivity contribution in [3.8, 4) is 0 Å². The Bertz CT molecular complexity index is 557. The maximum absolute atomic E-state index is 9.41. The van der Waals surface area contributed by atoms with Gasteiger partial charge in [-0.3, -0.25) is 0 Å². The molecule has 1 aliphatic rings. The Labute approximate surface area is 113 Å². The van der Waals surface area contributed by atoms with Gasteiger partial charge in [0, 0.05) is 25.1 Å². The lowest BCUT2D eigenvalue weighted by Crippen LogP contribution is -2.18. The van der Waals surface area contributed by atoms with Gasteiger partial charge in [0.05, 0.1) is 12.3 Å². The number of imidazole rings is 1. The van der Waals surface area contributed by atoms with Gasteiger partial charge in [0.15, 0.2) is 0 Å². The number of benzene rings is 1. The third-order valence-electron chi connectivity index (χ3n) is 3.90. The van der Waals surface area contributed by atoms with E-state index in [0.717, 1.165) is 37.3 Å². The molecule has 1 N–H and O–H groups in total. The van der Waals surface area contributed by atoms with E-state index in [-0.39, 0.29) is 12.5 Å². The van der Waals surface area contributed by atoms with Crippen molar-refractivity contribution in [3.63, 3.8) is 0 Å². The number of nitrogens with zero attached hydrogens (tertiary/aromatic N) is 2. The first-order valence-corrected chi connectivity index (χ1v) is 6.98. The predicted molar refractivity (Wildman–Crippen MR) is 75.3 cm³/mol. The maximum atomic E-state index is 9.41. The first kappa shape index (κ1) is 12.4. The van der Waals surface area contributed by atoms with Crippen molar-refractivity contribution in [2.45, 2.75) is 38.6 Å². The highest BCUT2D eigenvalue weighted by atomic mass is 16.3. The molecule has 0 amide bonds. The number of aliphatic hydroxyl groups excluding tert-OH is 1. The molecule has 100 valence electrons. The molecule has 3 nitrogen and oxygen atoms in total. The van der Waals surface area contributed by atoms with Crippen molar-refractivity contribution in [2.75, 3.05) is 6.61 Å². The molecule has 1 unspecified atom stereocenters. The van der Waals surface area contributed by atoms with Crippen molar-refractivity contribution in [1.29, 1.82) is 0 Å². The smallest absolute Gasteiger partial charge is 0.114 e. The van der Waals surface area contributed by atoms with Crippen LogP contribution in [0.4, 0.5) is 0 Å². The molecule has 1 aliphatic heterocycles. The molecule has 19 heavy (non-hydrogen) atoms. The second-order valence-electron chi connectivity index (χ2n) is 5.47. The van der Waals surface area contributed by atoms with E-state index in [0.29, 0.717) is 0 Å². The van der Waals surface area contributed by atoms with E-state index < -0.39 is 0 Å². The van der Waals surface area contributed by atoms with E-state index in [2.05, 4.69) is 42.0 Å². The van der Waals surface area contributed by atoms with E-state index >= 15 is 0 Å². The topological polar surface area (TPSA) is 38.0 Å². The SMILES string of the molecule is Cc1ccc(Cc2cn3c(n2)C(CO)CCC3)cc1. The Morgan fingerprint density at radius 2 is 2.11 bits per heavy atom. The van der Waals surface area contributed by atoms with Gasteiger partial charge < -0.3 is 9.67 Å². The third-order valence-corrected chi connectivity index (χ3v) is 3.90. The molecule has 1 aromatic carbocycles. The summed E-state index contributed by atoms with van der Waals surface area (Å²) in [5.74, 6) is 1.29. The standard InChI is InChI=1S/C16H20N2O/c1-12-4-6-13(7-5-12)9-15-10-18-8-2-3-14(11-19)16(18)17-15/h4-7,10,14,19H,2-3,8-9,11H2,1H3. The van der Waals surface area contributed by atoms with Crippen LogP contribution in [0.25, 0.3) is 0 Å². The van der Waals surface area contributed by atoms with Gasteiger partial charge in [-0.15, -0.1) is 0 Å². The van der Waals surface area contributed by atoms with Crippen molar-refractivity contribution in [1.82, 2.24) is 9.55 Å². The predicted octanol–water partition coefficient (Wildman–Crippen LogP) is 2.65. The van der Waals surface area contributed by atoms with E-state index in [1.54, 1.807) is 0 Å². The molecule has 1 atom stereocenters. The Balaban J connectivity index is 1.82. The van der Waals surface area contributed by atoms with Crippen molar-refractivity contribution in [3.05, 3.63) is 53.1 Å². The first-order chi connectivity index (χ1) is 9.26. The summed E-state index contributed by atoms with van der Waals surface area (Å²) in [5.41, 5.74) is 3.69. The Morgan fingerprint density at radius 1 is 1.32 bits per heavy atom. The second-order valence-corrected chi connectivity index (χ2v) is 5.47. The van der Waals surface area contributed by atoms with Gasteiger partial charge in [0.1, 0.15) is 5.82 Å². The molecular formula is C16H20N2O. The average Bonchev–Trinajstić information content (AvgIpc) is 2.83. The molecule has 0 fully saturated rings. The normalized spacial score (nSPS) is 18.3. The zero-order chi connectivity index (χ0) is 13.2. The zero-order valence-electron chi connectivity index (χ0n) is 11.3. The molecule has 2 aromatic rings. The molecule has 0 radical (unpaired) electrons. The van der Waals surface area contributed by atoms with Crippen LogP contribution < -0.4 is 0 Å². The van der Waals surface area contributed by atoms with Crippen molar-refractivity contribution >= 4 is 0 Å². The van der Waals surface area contributed by atoms with Crippen LogP contribution >= 0.6 is 0 Å². The second kappa shape index (κ2) is 5.17. The summed E-state index contributed by atoms with van der Waals surface area (Å²) >= 11 is 0. The van der Waals surface area contributed by atoms with Crippen LogP contribution in [0.5, 0.6) is 0 Å². The summed E-state index contributed by atoms with van der Waals surface area (Å²) in [7, 11) is 0. The summed E-state index contributed by atoms with van der Waals surface area (Å²) in [6, 6.07) is 8.61. The Kier molecular flexibility index (Phi) is 3.38. The van der Waals surface area contributed by atoms with Crippen LogP contribution in [0.2, 0.25) is 0 Å². The highest BCUT2D eigenvalue weighted by molar-refractivity contribution is 5.25. The molecule has 0 saturated carbocycles. The highest BCUT2D eigenvalue weighted by Gasteiger charge is 2.22. The highest BCUT2D eigenvalue weighted by Crippen LogP contribution is 2.26. The minimum absolute atomic E-state index is 0.209. The fraction of sp³-hybridized carbons (Fsp3) is 0.438. The molecule has 0 aliphatic carbocycles. The quantitative estimate of drug-likeness (QED) is 0.916. The number of hydrogen-bond acceptors (Lipinski definition) is 2. The fourth-order valence-corrected chi connectivity index (χ4v) is 2.80. The van der Waals surface area contributed by atoms with E-state index in [1.807, 2.05) is 0 Å². The first-order valence-electron chi connectivity index (χ1n) is 6.98. The summed E-state index contributed by atoms with van der Waals surface area (Å²) in [6.07, 6.45) is 5.21. The van der Waals surface area contributed by atoms with E-state index in [4.69, 9.17) is 4.98 Å². The van der Waals surface area contributed by atoms with Crippen LogP contribution in [0, 0.1) is 6.92 Å². The van der Waals surface area contributed by atoms with Gasteiger partial charge in [-0.05, 0) is 25.3 Å². The van der Waals surface area contributed by atoms with E-state index in [1.165, 1.54) is 11.1 Å². The largest absolute Gasteiger partial charge is 0.396 e. The van der Waals surface area contributed by atoms with Gasteiger partial charge >= 0.3 is 0 Å². The van der Waals surface area contributed by atoms with Gasteiger partial charge in [0.25, 0.3) is 0 Å². The van der Waals surface area contributed by atoms with Gasteiger partial charge in [0.2, 0.25) is 0 Å². The maximum Gasteiger partial charge on any atom is 0.114 e. The van der Waals surface area contributed by atoms with E-state index in [9.17, 15) is 5.11 Å². The summed E-state index contributed by atoms with van der Waals surface area (Å²) < 4.78 is 2.22. The molecule has 2 heterocycles. The van der Waals surface area contributed by atoms with Gasteiger partial charge in [-0.1, -0.05) is 29.8 Å². The average molecular weight is 256 g/mol. The molecule has 3 heteroatoms. The van der Waals surface area contributed by atoms with Crippen LogP contribution in [0.3, 0.4) is 0 Å². The molecule has 3 rings (SSSR count). The Hall–Kier alpha value is -1.61. The molecule has 0 saturated heterocycles. The fourth-order valence-electron chi connectivity index (χ4n) is 2.80. The summed E-state index contributed by atoms with van der Waals surface area (Å²) in [4.78, 5) is 4.72. The number of aliphatic hydroxyl groups is 1. The molecule has 1 aromatic heterocycles. The van der Waals surface area contributed by atoms with Crippen molar-refractivity contribution in [2.24, 2.45) is 0 Å². The minimum Gasteiger partial charge on any atom is -0.396 e. The van der Waals surface area contributed by atoms with Crippen LogP contribution in [0.1, 0.15) is 41.4 Å². The van der Waals surface area contributed by atoms with Gasteiger partial charge in [-0.25, -0.2) is 4.98 Å². The summed E-state index contributed by atoms with van der Waals surface area (Å²) in [6.45, 7) is 3.35. The number of fused-ring (bicyclic) bond motifs is 1. The lowest BCUT2D eigenvalue weighted by atomic mass is 10.0. The summed E-state index contributed by atoms with van der Waals surface area (Å²) in [5, 5.41) is 9.41. The lowest BCUT2D eigenvalue weighted by molar-refractivity contribution is 0.238. The number of hydrogen-bond donors (Lipinski definition) is 1. The monoisotopic (exact) mass is 256 g/mol. The molecule has 0 spiro atoms. The third kappa shape index (κ3) is 2.56. The van der Waals surface area contributed by atoms with Crippen molar-refractivity contribution < 1.29 is 5.11 Å². The number of aryl methyl sites for hydroxylation is 2. The lowest BCUT2D eigenvalue weighted by Gasteiger charge is -2.21. The molecule has 0 bridgehead atoms. The minimum atomic E-state index is 0.209. The molecular weight excluding hydrogens is 236 g/mol. The van der Waals surface area contributed by atoms with Crippen LogP contribution in [-0.2, 0) is 13.0 Å². The zero-order valence-corrected chi connectivity index (χ0v) is 11.3. The number of rotatable bonds is 3. The van der Waals surface area contributed by atoms with Gasteiger partial charge in [-0.2, -0.15) is 0 Å². The Morgan fingerprint density at radius 3 is 2.84 bits per heavy atom. The van der Waals surface area contributed by atoms with Crippen LogP contribution in [0.15, 0.2) is 30.5 Å². The number of aromatic nitrogens is 2.